The first-order valence-corrected chi connectivity index (χ1v) is 10.2. The van der Waals surface area contributed by atoms with Crippen molar-refractivity contribution in [1.29, 1.82) is 0 Å². The number of fused-ring (bicyclic) bond motifs is 1. The molecule has 0 aliphatic carbocycles. The summed E-state index contributed by atoms with van der Waals surface area (Å²) in [6.07, 6.45) is 3.72. The van der Waals surface area contributed by atoms with Crippen LogP contribution in [0.15, 0.2) is 24.4 Å². The number of nitrogens with zero attached hydrogens (tertiary/aromatic N) is 4. The summed E-state index contributed by atoms with van der Waals surface area (Å²) >= 11 is 0. The molecule has 3 heterocycles. The minimum Gasteiger partial charge on any atom is -0.381 e. The van der Waals surface area contributed by atoms with Crippen LogP contribution in [0.4, 0.5) is 23.1 Å². The van der Waals surface area contributed by atoms with E-state index in [9.17, 15) is 4.79 Å². The standard InChI is InChI=1S/C21H28N6O3/c1-14-10-15(20(28)22-2)4-5-17(14)24-21-23-11-18-19(25-21)27(13-30-12-26(18)3)16-6-8-29-9-7-16/h4-5,10-11,16H,6-9,12-13H2,1-3H3,(H,22,28)(H,23,24,25). The Labute approximate surface area is 176 Å². The van der Waals surface area contributed by atoms with E-state index in [0.29, 0.717) is 31.0 Å². The van der Waals surface area contributed by atoms with Gasteiger partial charge in [0, 0.05) is 44.6 Å². The van der Waals surface area contributed by atoms with Crippen LogP contribution in [0, 0.1) is 6.92 Å². The Morgan fingerprint density at radius 2 is 2.00 bits per heavy atom. The molecule has 1 fully saturated rings. The van der Waals surface area contributed by atoms with Crippen LogP contribution >= 0.6 is 0 Å². The van der Waals surface area contributed by atoms with Crippen molar-refractivity contribution in [1.82, 2.24) is 15.3 Å². The average molecular weight is 412 g/mol. The first-order valence-electron chi connectivity index (χ1n) is 10.2. The Kier molecular flexibility index (Phi) is 6.01. The van der Waals surface area contributed by atoms with Crippen molar-refractivity contribution in [3.63, 3.8) is 0 Å². The number of benzene rings is 1. The van der Waals surface area contributed by atoms with Gasteiger partial charge in [-0.25, -0.2) is 4.98 Å². The molecule has 2 N–H and O–H groups in total. The summed E-state index contributed by atoms with van der Waals surface area (Å²) in [6.45, 7) is 4.42. The van der Waals surface area contributed by atoms with Gasteiger partial charge in [-0.15, -0.1) is 0 Å². The van der Waals surface area contributed by atoms with Gasteiger partial charge in [0.05, 0.1) is 6.20 Å². The zero-order valence-corrected chi connectivity index (χ0v) is 17.6. The summed E-state index contributed by atoms with van der Waals surface area (Å²) in [5, 5.41) is 5.94. The first kappa shape index (κ1) is 20.4. The van der Waals surface area contributed by atoms with Gasteiger partial charge in [0.2, 0.25) is 5.95 Å². The van der Waals surface area contributed by atoms with E-state index in [1.165, 1.54) is 0 Å². The highest BCUT2D eigenvalue weighted by molar-refractivity contribution is 5.94. The van der Waals surface area contributed by atoms with Gasteiger partial charge < -0.3 is 29.9 Å². The van der Waals surface area contributed by atoms with E-state index in [2.05, 4.69) is 20.5 Å². The molecule has 30 heavy (non-hydrogen) atoms. The van der Waals surface area contributed by atoms with Crippen LogP contribution in [0.1, 0.15) is 28.8 Å². The summed E-state index contributed by atoms with van der Waals surface area (Å²) in [7, 11) is 3.60. The van der Waals surface area contributed by atoms with Crippen LogP contribution in [0.25, 0.3) is 0 Å². The number of ether oxygens (including phenoxy) is 2. The third kappa shape index (κ3) is 4.17. The highest BCUT2D eigenvalue weighted by Gasteiger charge is 2.29. The van der Waals surface area contributed by atoms with Crippen LogP contribution in [-0.2, 0) is 9.47 Å². The van der Waals surface area contributed by atoms with Crippen molar-refractivity contribution < 1.29 is 14.3 Å². The lowest BCUT2D eigenvalue weighted by atomic mass is 10.1. The van der Waals surface area contributed by atoms with Gasteiger partial charge in [-0.2, -0.15) is 4.98 Å². The third-order valence-electron chi connectivity index (χ3n) is 5.54. The Hall–Kier alpha value is -2.91. The molecule has 0 saturated carbocycles. The molecule has 9 heteroatoms. The molecule has 1 aromatic carbocycles. The molecule has 1 aromatic heterocycles. The third-order valence-corrected chi connectivity index (χ3v) is 5.54. The smallest absolute Gasteiger partial charge is 0.251 e. The molecule has 0 unspecified atom stereocenters. The number of aromatic nitrogens is 2. The Morgan fingerprint density at radius 1 is 1.20 bits per heavy atom. The molecule has 9 nitrogen and oxygen atoms in total. The second kappa shape index (κ2) is 8.85. The minimum absolute atomic E-state index is 0.110. The number of rotatable bonds is 4. The average Bonchev–Trinajstić information content (AvgIpc) is 2.93. The van der Waals surface area contributed by atoms with E-state index in [1.54, 1.807) is 13.1 Å². The van der Waals surface area contributed by atoms with Crippen molar-refractivity contribution in [2.45, 2.75) is 25.8 Å². The predicted molar refractivity (Wildman–Crippen MR) is 115 cm³/mol. The molecule has 2 aromatic rings. The maximum Gasteiger partial charge on any atom is 0.251 e. The number of anilines is 4. The van der Waals surface area contributed by atoms with E-state index < -0.39 is 0 Å². The van der Waals surface area contributed by atoms with Gasteiger partial charge in [0.25, 0.3) is 5.91 Å². The van der Waals surface area contributed by atoms with Crippen LogP contribution in [0.5, 0.6) is 0 Å². The van der Waals surface area contributed by atoms with Crippen LogP contribution < -0.4 is 20.4 Å². The van der Waals surface area contributed by atoms with Crippen molar-refractivity contribution in [3.8, 4) is 0 Å². The number of hydrogen-bond acceptors (Lipinski definition) is 8. The summed E-state index contributed by atoms with van der Waals surface area (Å²) in [5.41, 5.74) is 3.36. The molecule has 2 aliphatic rings. The molecule has 0 radical (unpaired) electrons. The molecule has 0 bridgehead atoms. The van der Waals surface area contributed by atoms with Gasteiger partial charge in [-0.1, -0.05) is 0 Å². The highest BCUT2D eigenvalue weighted by atomic mass is 16.5. The van der Waals surface area contributed by atoms with Crippen LogP contribution in [-0.4, -0.2) is 62.7 Å². The number of amides is 1. The molecule has 160 valence electrons. The molecule has 1 saturated heterocycles. The topological polar surface area (TPSA) is 91.8 Å². The fourth-order valence-electron chi connectivity index (χ4n) is 3.80. The normalized spacial score (nSPS) is 17.3. The molecular formula is C21H28N6O3. The second-order valence-electron chi connectivity index (χ2n) is 7.61. The van der Waals surface area contributed by atoms with E-state index in [1.807, 2.05) is 37.2 Å². The number of carbonyl (C=O) groups is 1. The predicted octanol–water partition coefficient (Wildman–Crippen LogP) is 2.26. The molecule has 1 amide bonds. The van der Waals surface area contributed by atoms with Crippen LogP contribution in [0.2, 0.25) is 0 Å². The quantitative estimate of drug-likeness (QED) is 0.790. The fourth-order valence-corrected chi connectivity index (χ4v) is 3.80. The molecule has 4 rings (SSSR count). The summed E-state index contributed by atoms with van der Waals surface area (Å²) in [5.74, 6) is 1.26. The number of hydrogen-bond donors (Lipinski definition) is 2. The fraction of sp³-hybridized carbons (Fsp3) is 0.476. The van der Waals surface area contributed by atoms with E-state index in [-0.39, 0.29) is 5.91 Å². The second-order valence-corrected chi connectivity index (χ2v) is 7.61. The Bertz CT molecular complexity index is 916. The van der Waals surface area contributed by atoms with Crippen molar-refractivity contribution >= 4 is 29.0 Å². The van der Waals surface area contributed by atoms with Crippen LogP contribution in [0.3, 0.4) is 0 Å². The van der Waals surface area contributed by atoms with E-state index in [4.69, 9.17) is 14.5 Å². The molecule has 0 spiro atoms. The minimum atomic E-state index is -0.110. The van der Waals surface area contributed by atoms with E-state index >= 15 is 0 Å². The SMILES string of the molecule is CNC(=O)c1ccc(Nc2ncc3c(n2)N(C2CCOCC2)COCN3C)c(C)c1. The Balaban J connectivity index is 1.63. The Morgan fingerprint density at radius 3 is 2.73 bits per heavy atom. The summed E-state index contributed by atoms with van der Waals surface area (Å²) < 4.78 is 11.4. The maximum absolute atomic E-state index is 11.9. The van der Waals surface area contributed by atoms with Crippen molar-refractivity contribution in [2.75, 3.05) is 55.9 Å². The van der Waals surface area contributed by atoms with Gasteiger partial charge in [0.1, 0.15) is 19.1 Å². The largest absolute Gasteiger partial charge is 0.381 e. The molecular weight excluding hydrogens is 384 g/mol. The molecule has 0 atom stereocenters. The van der Waals surface area contributed by atoms with Crippen molar-refractivity contribution in [3.05, 3.63) is 35.5 Å². The lowest BCUT2D eigenvalue weighted by Crippen LogP contribution is -2.41. The van der Waals surface area contributed by atoms with E-state index in [0.717, 1.165) is 48.8 Å². The summed E-state index contributed by atoms with van der Waals surface area (Å²) in [6, 6.07) is 5.83. The molecule has 2 aliphatic heterocycles. The highest BCUT2D eigenvalue weighted by Crippen LogP contribution is 2.33. The maximum atomic E-state index is 11.9. The van der Waals surface area contributed by atoms with Gasteiger partial charge in [0.15, 0.2) is 5.82 Å². The lowest BCUT2D eigenvalue weighted by molar-refractivity contribution is 0.0713. The number of aryl methyl sites for hydroxylation is 1. The van der Waals surface area contributed by atoms with Gasteiger partial charge in [-0.05, 0) is 43.5 Å². The van der Waals surface area contributed by atoms with Crippen molar-refractivity contribution in [2.24, 2.45) is 0 Å². The first-order chi connectivity index (χ1) is 14.6. The number of carbonyl (C=O) groups excluding carboxylic acids is 1. The zero-order chi connectivity index (χ0) is 21.1. The van der Waals surface area contributed by atoms with Gasteiger partial charge in [-0.3, -0.25) is 4.79 Å². The lowest BCUT2D eigenvalue weighted by Gasteiger charge is -2.34. The summed E-state index contributed by atoms with van der Waals surface area (Å²) in [4.78, 5) is 25.5. The zero-order valence-electron chi connectivity index (χ0n) is 17.6. The van der Waals surface area contributed by atoms with Gasteiger partial charge >= 0.3 is 0 Å². The number of nitrogens with one attached hydrogen (secondary N) is 2. The monoisotopic (exact) mass is 412 g/mol.